The van der Waals surface area contributed by atoms with Crippen LogP contribution in [-0.2, 0) is 4.74 Å². The van der Waals surface area contributed by atoms with Gasteiger partial charge in [0.1, 0.15) is 6.10 Å². The predicted octanol–water partition coefficient (Wildman–Crippen LogP) is 2.45. The summed E-state index contributed by atoms with van der Waals surface area (Å²) in [5.41, 5.74) is 0. The zero-order chi connectivity index (χ0) is 9.03. The Kier molecular flexibility index (Phi) is 3.53. The maximum Gasteiger partial charge on any atom is 0.192 e. The van der Waals surface area contributed by atoms with E-state index in [0.717, 1.165) is 19.3 Å². The second-order valence-corrected chi connectivity index (χ2v) is 3.67. The van der Waals surface area contributed by atoms with Gasteiger partial charge in [0.2, 0.25) is 0 Å². The molecule has 0 amide bonds. The summed E-state index contributed by atoms with van der Waals surface area (Å²) in [5.74, 6) is -0.734. The van der Waals surface area contributed by atoms with Crippen LogP contribution in [0.3, 0.4) is 0 Å². The molecule has 1 rings (SSSR count). The summed E-state index contributed by atoms with van der Waals surface area (Å²) in [4.78, 5) is 0. The average Bonchev–Trinajstić information content (AvgIpc) is 2.72. The number of hydrogen-bond donors (Lipinski definition) is 1. The molecule has 12 heavy (non-hydrogen) atoms. The molecule has 1 heterocycles. The van der Waals surface area contributed by atoms with Crippen molar-refractivity contribution in [3.05, 3.63) is 0 Å². The van der Waals surface area contributed by atoms with Crippen LogP contribution in [0.4, 0.5) is 0 Å². The van der Waals surface area contributed by atoms with Crippen LogP contribution in [0.15, 0.2) is 0 Å². The van der Waals surface area contributed by atoms with Crippen LogP contribution in [0, 0.1) is 0 Å². The molecule has 2 unspecified atom stereocenters. The van der Waals surface area contributed by atoms with E-state index in [1.165, 1.54) is 19.3 Å². The van der Waals surface area contributed by atoms with Crippen LogP contribution < -0.4 is 0 Å². The van der Waals surface area contributed by atoms with E-state index in [1.54, 1.807) is 0 Å². The average molecular weight is 172 g/mol. The predicted molar refractivity (Wildman–Crippen MR) is 48.9 cm³/mol. The minimum atomic E-state index is -0.734. The molecule has 0 saturated carbocycles. The van der Waals surface area contributed by atoms with Crippen LogP contribution in [0.5, 0.6) is 0 Å². The first-order valence-corrected chi connectivity index (χ1v) is 5.13. The van der Waals surface area contributed by atoms with Gasteiger partial charge in [-0.3, -0.25) is 0 Å². The maximum absolute atomic E-state index is 9.67. The van der Waals surface area contributed by atoms with Crippen LogP contribution in [0.25, 0.3) is 0 Å². The molecule has 72 valence electrons. The lowest BCUT2D eigenvalue weighted by Crippen LogP contribution is -2.13. The zero-order valence-corrected chi connectivity index (χ0v) is 8.18. The molecule has 0 radical (unpaired) electrons. The molecule has 2 heteroatoms. The van der Waals surface area contributed by atoms with Crippen molar-refractivity contribution in [1.82, 2.24) is 0 Å². The number of ether oxygens (including phenoxy) is 1. The molecule has 0 spiro atoms. The Balaban J connectivity index is 2.01. The SMILES string of the molecule is CCCCCCC1(O)OC1CC. The summed E-state index contributed by atoms with van der Waals surface area (Å²) < 4.78 is 5.19. The molecule has 2 nitrogen and oxygen atoms in total. The van der Waals surface area contributed by atoms with Gasteiger partial charge in [0.15, 0.2) is 5.79 Å². The van der Waals surface area contributed by atoms with Gasteiger partial charge < -0.3 is 9.84 Å². The van der Waals surface area contributed by atoms with Crippen molar-refractivity contribution in [3.8, 4) is 0 Å². The third kappa shape index (κ3) is 2.46. The van der Waals surface area contributed by atoms with E-state index in [9.17, 15) is 5.11 Å². The number of hydrogen-bond acceptors (Lipinski definition) is 2. The van der Waals surface area contributed by atoms with E-state index in [-0.39, 0.29) is 6.10 Å². The molecule has 1 aliphatic heterocycles. The molecule has 0 aromatic rings. The molecule has 0 bridgehead atoms. The lowest BCUT2D eigenvalue weighted by Gasteiger charge is -2.03. The normalized spacial score (nSPS) is 33.8. The number of epoxide rings is 1. The Hall–Kier alpha value is -0.0800. The minimum absolute atomic E-state index is 0.124. The van der Waals surface area contributed by atoms with Crippen molar-refractivity contribution in [1.29, 1.82) is 0 Å². The Bertz CT molecular complexity index is 136. The summed E-state index contributed by atoms with van der Waals surface area (Å²) in [7, 11) is 0. The summed E-state index contributed by atoms with van der Waals surface area (Å²) >= 11 is 0. The Labute approximate surface area is 74.9 Å². The monoisotopic (exact) mass is 172 g/mol. The lowest BCUT2D eigenvalue weighted by atomic mass is 10.1. The van der Waals surface area contributed by atoms with E-state index in [4.69, 9.17) is 4.74 Å². The second-order valence-electron chi connectivity index (χ2n) is 3.67. The third-order valence-corrected chi connectivity index (χ3v) is 2.55. The van der Waals surface area contributed by atoms with E-state index in [0.29, 0.717) is 0 Å². The lowest BCUT2D eigenvalue weighted by molar-refractivity contribution is 0.0264. The highest BCUT2D eigenvalue weighted by atomic mass is 16.7. The van der Waals surface area contributed by atoms with Gasteiger partial charge in [0.25, 0.3) is 0 Å². The van der Waals surface area contributed by atoms with E-state index in [2.05, 4.69) is 13.8 Å². The highest BCUT2D eigenvalue weighted by molar-refractivity contribution is 4.91. The van der Waals surface area contributed by atoms with Crippen LogP contribution in [0.2, 0.25) is 0 Å². The smallest absolute Gasteiger partial charge is 0.192 e. The molecule has 0 aliphatic carbocycles. The van der Waals surface area contributed by atoms with E-state index < -0.39 is 5.79 Å². The Morgan fingerprint density at radius 1 is 1.25 bits per heavy atom. The maximum atomic E-state index is 9.67. The molecule has 1 N–H and O–H groups in total. The van der Waals surface area contributed by atoms with Crippen molar-refractivity contribution < 1.29 is 9.84 Å². The first-order valence-electron chi connectivity index (χ1n) is 5.13. The van der Waals surface area contributed by atoms with Gasteiger partial charge in [-0.15, -0.1) is 0 Å². The largest absolute Gasteiger partial charge is 0.363 e. The molecular formula is C10H20O2. The second kappa shape index (κ2) is 4.24. The fourth-order valence-electron chi connectivity index (χ4n) is 1.64. The molecule has 1 fully saturated rings. The van der Waals surface area contributed by atoms with Crippen molar-refractivity contribution >= 4 is 0 Å². The van der Waals surface area contributed by atoms with Gasteiger partial charge in [0, 0.05) is 6.42 Å². The Morgan fingerprint density at radius 2 is 2.00 bits per heavy atom. The Morgan fingerprint density at radius 3 is 2.50 bits per heavy atom. The fourth-order valence-corrected chi connectivity index (χ4v) is 1.64. The molecule has 1 aliphatic rings. The van der Waals surface area contributed by atoms with Crippen LogP contribution >= 0.6 is 0 Å². The van der Waals surface area contributed by atoms with E-state index in [1.807, 2.05) is 0 Å². The highest BCUT2D eigenvalue weighted by Gasteiger charge is 2.52. The number of rotatable bonds is 6. The van der Waals surface area contributed by atoms with Crippen molar-refractivity contribution in [2.75, 3.05) is 0 Å². The third-order valence-electron chi connectivity index (χ3n) is 2.55. The van der Waals surface area contributed by atoms with Gasteiger partial charge in [-0.2, -0.15) is 0 Å². The fraction of sp³-hybridized carbons (Fsp3) is 1.00. The van der Waals surface area contributed by atoms with Crippen molar-refractivity contribution in [2.45, 2.75) is 64.3 Å². The molecule has 2 atom stereocenters. The van der Waals surface area contributed by atoms with Gasteiger partial charge >= 0.3 is 0 Å². The first kappa shape index (κ1) is 10.0. The molecule has 0 aromatic carbocycles. The summed E-state index contributed by atoms with van der Waals surface area (Å²) in [5, 5.41) is 9.67. The summed E-state index contributed by atoms with van der Waals surface area (Å²) in [6, 6.07) is 0. The molecule has 1 saturated heterocycles. The van der Waals surface area contributed by atoms with Crippen molar-refractivity contribution in [2.24, 2.45) is 0 Å². The summed E-state index contributed by atoms with van der Waals surface area (Å²) in [6.07, 6.45) is 6.72. The van der Waals surface area contributed by atoms with Crippen LogP contribution in [-0.4, -0.2) is 17.0 Å². The van der Waals surface area contributed by atoms with Gasteiger partial charge in [-0.25, -0.2) is 0 Å². The summed E-state index contributed by atoms with van der Waals surface area (Å²) in [6.45, 7) is 4.24. The topological polar surface area (TPSA) is 32.8 Å². The quantitative estimate of drug-likeness (QED) is 0.493. The number of unbranched alkanes of at least 4 members (excludes halogenated alkanes) is 3. The van der Waals surface area contributed by atoms with Gasteiger partial charge in [-0.05, 0) is 12.8 Å². The molecular weight excluding hydrogens is 152 g/mol. The molecule has 0 aromatic heterocycles. The minimum Gasteiger partial charge on any atom is -0.363 e. The van der Waals surface area contributed by atoms with Crippen molar-refractivity contribution in [3.63, 3.8) is 0 Å². The van der Waals surface area contributed by atoms with E-state index >= 15 is 0 Å². The van der Waals surface area contributed by atoms with Crippen LogP contribution in [0.1, 0.15) is 52.4 Å². The highest BCUT2D eigenvalue weighted by Crippen LogP contribution is 2.40. The van der Waals surface area contributed by atoms with Gasteiger partial charge in [-0.1, -0.05) is 33.1 Å². The first-order chi connectivity index (χ1) is 5.73. The zero-order valence-electron chi connectivity index (χ0n) is 8.18. The standard InChI is InChI=1S/C10H20O2/c1-3-5-6-7-8-10(11)9(4-2)12-10/h9,11H,3-8H2,1-2H3. The van der Waals surface area contributed by atoms with Gasteiger partial charge in [0.05, 0.1) is 0 Å². The number of aliphatic hydroxyl groups is 1.